The first-order valence-corrected chi connectivity index (χ1v) is 6.42. The number of hydrogen-bond acceptors (Lipinski definition) is 3. The van der Waals surface area contributed by atoms with Crippen LogP contribution in [0.15, 0.2) is 12.2 Å². The van der Waals surface area contributed by atoms with Gasteiger partial charge in [-0.2, -0.15) is 0 Å². The highest BCUT2D eigenvalue weighted by Gasteiger charge is 2.31. The van der Waals surface area contributed by atoms with Crippen LogP contribution < -0.4 is 5.14 Å². The second-order valence-corrected chi connectivity index (χ2v) is 5.79. The predicted molar refractivity (Wildman–Crippen MR) is 57.5 cm³/mol. The highest BCUT2D eigenvalue weighted by Crippen LogP contribution is 2.19. The lowest BCUT2D eigenvalue weighted by molar-refractivity contribution is -0.127. The van der Waals surface area contributed by atoms with Crippen molar-refractivity contribution in [2.24, 2.45) is 11.1 Å². The zero-order chi connectivity index (χ0) is 11.6. The van der Waals surface area contributed by atoms with E-state index < -0.39 is 10.0 Å². The standard InChI is InChI=1S/C9H16N2O3S/c1-7(2)4-11-5-8(3-9(11)12)6-15(10,13)14/h8H,1,3-6H2,2H3,(H2,10,13,14). The molecule has 0 aliphatic carbocycles. The molecule has 0 aromatic heterocycles. The van der Waals surface area contributed by atoms with Crippen LogP contribution in [0.2, 0.25) is 0 Å². The molecule has 0 spiro atoms. The van der Waals surface area contributed by atoms with Crippen LogP contribution in [0.1, 0.15) is 13.3 Å². The second kappa shape index (κ2) is 4.32. The van der Waals surface area contributed by atoms with Gasteiger partial charge < -0.3 is 4.90 Å². The molecule has 1 aliphatic rings. The summed E-state index contributed by atoms with van der Waals surface area (Å²) in [7, 11) is -3.48. The Morgan fingerprint density at radius 2 is 2.27 bits per heavy atom. The Bertz CT molecular complexity index is 375. The summed E-state index contributed by atoms with van der Waals surface area (Å²) in [6.07, 6.45) is 0.268. The zero-order valence-corrected chi connectivity index (χ0v) is 9.59. The van der Waals surface area contributed by atoms with Gasteiger partial charge in [0.2, 0.25) is 15.9 Å². The van der Waals surface area contributed by atoms with Gasteiger partial charge in [-0.25, -0.2) is 13.6 Å². The molecule has 1 rings (SSSR count). The third-order valence-electron chi connectivity index (χ3n) is 2.22. The fraction of sp³-hybridized carbons (Fsp3) is 0.667. The lowest BCUT2D eigenvalue weighted by Crippen LogP contribution is -2.28. The Hall–Kier alpha value is -0.880. The molecule has 0 aromatic carbocycles. The molecule has 1 aliphatic heterocycles. The first kappa shape index (κ1) is 12.2. The van der Waals surface area contributed by atoms with Crippen LogP contribution in [-0.2, 0) is 14.8 Å². The van der Waals surface area contributed by atoms with Crippen molar-refractivity contribution >= 4 is 15.9 Å². The smallest absolute Gasteiger partial charge is 0.223 e. The molecule has 1 amide bonds. The number of likely N-dealkylation sites (tertiary alicyclic amines) is 1. The van der Waals surface area contributed by atoms with Crippen molar-refractivity contribution in [3.63, 3.8) is 0 Å². The first-order valence-electron chi connectivity index (χ1n) is 4.70. The Morgan fingerprint density at radius 3 is 2.73 bits per heavy atom. The number of carbonyl (C=O) groups excluding carboxylic acids is 1. The summed E-state index contributed by atoms with van der Waals surface area (Å²) in [5, 5.41) is 4.93. The number of carbonyl (C=O) groups is 1. The quantitative estimate of drug-likeness (QED) is 0.676. The van der Waals surface area contributed by atoms with Crippen LogP contribution in [0.25, 0.3) is 0 Å². The van der Waals surface area contributed by atoms with Gasteiger partial charge in [0, 0.05) is 25.4 Å². The summed E-state index contributed by atoms with van der Waals surface area (Å²) in [5.41, 5.74) is 0.889. The van der Waals surface area contributed by atoms with E-state index >= 15 is 0 Å². The summed E-state index contributed by atoms with van der Waals surface area (Å²) >= 11 is 0. The van der Waals surface area contributed by atoms with Crippen LogP contribution >= 0.6 is 0 Å². The van der Waals surface area contributed by atoms with Crippen molar-refractivity contribution in [2.45, 2.75) is 13.3 Å². The van der Waals surface area contributed by atoms with Crippen LogP contribution in [0, 0.1) is 5.92 Å². The molecule has 0 aromatic rings. The van der Waals surface area contributed by atoms with Gasteiger partial charge in [-0.05, 0) is 6.92 Å². The van der Waals surface area contributed by atoms with E-state index in [0.29, 0.717) is 13.1 Å². The van der Waals surface area contributed by atoms with E-state index in [2.05, 4.69) is 6.58 Å². The lowest BCUT2D eigenvalue weighted by atomic mass is 10.1. The Morgan fingerprint density at radius 1 is 1.67 bits per heavy atom. The van der Waals surface area contributed by atoms with Crippen molar-refractivity contribution in [1.29, 1.82) is 0 Å². The van der Waals surface area contributed by atoms with Gasteiger partial charge in [-0.1, -0.05) is 12.2 Å². The predicted octanol–water partition coefficient (Wildman–Crippen LogP) is -0.301. The summed E-state index contributed by atoms with van der Waals surface area (Å²) in [5.74, 6) is -0.315. The minimum atomic E-state index is -3.48. The number of sulfonamides is 1. The number of nitrogens with two attached hydrogens (primary N) is 1. The molecule has 1 saturated heterocycles. The topological polar surface area (TPSA) is 80.5 Å². The molecule has 1 fully saturated rings. The van der Waals surface area contributed by atoms with E-state index in [-0.39, 0.29) is 24.0 Å². The highest BCUT2D eigenvalue weighted by molar-refractivity contribution is 7.89. The molecule has 1 atom stereocenters. The Labute approximate surface area is 90.0 Å². The van der Waals surface area contributed by atoms with E-state index in [1.165, 1.54) is 0 Å². The van der Waals surface area contributed by atoms with E-state index in [1.807, 2.05) is 6.92 Å². The SMILES string of the molecule is C=C(C)CN1CC(CS(N)(=O)=O)CC1=O. The van der Waals surface area contributed by atoms with Gasteiger partial charge in [-0.3, -0.25) is 4.79 Å². The van der Waals surface area contributed by atoms with Gasteiger partial charge in [0.15, 0.2) is 0 Å². The molecule has 86 valence electrons. The first-order chi connectivity index (χ1) is 6.78. The van der Waals surface area contributed by atoms with Crippen molar-refractivity contribution in [3.8, 4) is 0 Å². The molecule has 15 heavy (non-hydrogen) atoms. The maximum atomic E-state index is 11.5. The van der Waals surface area contributed by atoms with Gasteiger partial charge in [0.05, 0.1) is 5.75 Å². The van der Waals surface area contributed by atoms with Crippen molar-refractivity contribution < 1.29 is 13.2 Å². The molecule has 1 unspecified atom stereocenters. The molecule has 2 N–H and O–H groups in total. The van der Waals surface area contributed by atoms with Gasteiger partial charge >= 0.3 is 0 Å². The summed E-state index contributed by atoms with van der Waals surface area (Å²) in [4.78, 5) is 13.1. The number of nitrogens with zero attached hydrogens (tertiary/aromatic N) is 1. The van der Waals surface area contributed by atoms with Crippen molar-refractivity contribution in [2.75, 3.05) is 18.8 Å². The number of hydrogen-bond donors (Lipinski definition) is 1. The third-order valence-corrected chi connectivity index (χ3v) is 3.16. The summed E-state index contributed by atoms with van der Waals surface area (Å²) in [6.45, 7) is 6.51. The zero-order valence-electron chi connectivity index (χ0n) is 8.77. The lowest BCUT2D eigenvalue weighted by Gasteiger charge is -2.16. The van der Waals surface area contributed by atoms with Gasteiger partial charge in [-0.15, -0.1) is 0 Å². The largest absolute Gasteiger partial charge is 0.338 e. The third kappa shape index (κ3) is 4.01. The van der Waals surface area contributed by atoms with Crippen LogP contribution in [0.5, 0.6) is 0 Å². The van der Waals surface area contributed by atoms with Crippen molar-refractivity contribution in [1.82, 2.24) is 4.90 Å². The minimum absolute atomic E-state index is 0.0216. The summed E-state index contributed by atoms with van der Waals surface area (Å²) < 4.78 is 21.7. The molecule has 5 nitrogen and oxygen atoms in total. The maximum absolute atomic E-state index is 11.5. The minimum Gasteiger partial charge on any atom is -0.338 e. The van der Waals surface area contributed by atoms with Crippen molar-refractivity contribution in [3.05, 3.63) is 12.2 Å². The molecule has 0 bridgehead atoms. The van der Waals surface area contributed by atoms with E-state index in [1.54, 1.807) is 4.90 Å². The van der Waals surface area contributed by atoms with Crippen LogP contribution in [0.4, 0.5) is 0 Å². The van der Waals surface area contributed by atoms with E-state index in [4.69, 9.17) is 5.14 Å². The average Bonchev–Trinajstić information content (AvgIpc) is 2.26. The van der Waals surface area contributed by atoms with Crippen LogP contribution in [0.3, 0.4) is 0 Å². The molecule has 0 saturated carbocycles. The molecular weight excluding hydrogens is 216 g/mol. The number of rotatable bonds is 4. The van der Waals surface area contributed by atoms with Crippen LogP contribution in [-0.4, -0.2) is 38.1 Å². The van der Waals surface area contributed by atoms with E-state index in [9.17, 15) is 13.2 Å². The van der Waals surface area contributed by atoms with E-state index in [0.717, 1.165) is 5.57 Å². The fourth-order valence-electron chi connectivity index (χ4n) is 1.77. The Balaban J connectivity index is 2.56. The number of amides is 1. The highest BCUT2D eigenvalue weighted by atomic mass is 32.2. The summed E-state index contributed by atoms with van der Waals surface area (Å²) in [6, 6.07) is 0. The number of primary sulfonamides is 1. The molecule has 1 heterocycles. The maximum Gasteiger partial charge on any atom is 0.223 e. The average molecular weight is 232 g/mol. The molecule has 0 radical (unpaired) electrons. The second-order valence-electron chi connectivity index (χ2n) is 4.13. The van der Waals surface area contributed by atoms with Gasteiger partial charge in [0.1, 0.15) is 0 Å². The fourth-order valence-corrected chi connectivity index (χ4v) is 2.65. The Kier molecular flexibility index (Phi) is 3.51. The normalized spacial score (nSPS) is 22.1. The molecule has 6 heteroatoms. The molecular formula is C9H16N2O3S. The monoisotopic (exact) mass is 232 g/mol. The van der Waals surface area contributed by atoms with Gasteiger partial charge in [0.25, 0.3) is 0 Å².